The minimum absolute atomic E-state index is 0.223. The lowest BCUT2D eigenvalue weighted by Crippen LogP contribution is -2.41. The quantitative estimate of drug-likeness (QED) is 0.821. The third kappa shape index (κ3) is 2.33. The minimum Gasteiger partial charge on any atom is -0.399 e. The van der Waals surface area contributed by atoms with E-state index < -0.39 is 18.3 Å². The van der Waals surface area contributed by atoms with Crippen molar-refractivity contribution in [2.75, 3.05) is 0 Å². The summed E-state index contributed by atoms with van der Waals surface area (Å²) >= 11 is 0. The van der Waals surface area contributed by atoms with Crippen molar-refractivity contribution in [1.82, 2.24) is 4.98 Å². The summed E-state index contributed by atoms with van der Waals surface area (Å²) in [7, 11) is -0.621. The molecule has 0 bridgehead atoms. The van der Waals surface area contributed by atoms with Gasteiger partial charge >= 0.3 is 7.12 Å². The van der Waals surface area contributed by atoms with Crippen molar-refractivity contribution < 1.29 is 9.31 Å². The van der Waals surface area contributed by atoms with Crippen LogP contribution in [-0.4, -0.2) is 23.3 Å². The molecule has 0 saturated carbocycles. The molecule has 5 nitrogen and oxygen atoms in total. The number of pyridine rings is 1. The molecular formula is C14H20BN3O2. The smallest absolute Gasteiger partial charge is 0.399 e. The SMILES string of the molecule is CC(N)c1ccnc(C#N)c1B1OC(C)(C)C(C)(C)O1. The highest BCUT2D eigenvalue weighted by atomic mass is 16.7. The number of nitrogens with two attached hydrogens (primary N) is 1. The molecule has 106 valence electrons. The van der Waals surface area contributed by atoms with Crippen LogP contribution in [0.25, 0.3) is 0 Å². The van der Waals surface area contributed by atoms with E-state index in [0.717, 1.165) is 5.56 Å². The maximum atomic E-state index is 9.28. The Hall–Kier alpha value is -1.42. The first kappa shape index (κ1) is 15.0. The third-order valence-electron chi connectivity index (χ3n) is 4.11. The first-order valence-corrected chi connectivity index (χ1v) is 6.70. The van der Waals surface area contributed by atoms with Crippen LogP contribution in [0.2, 0.25) is 0 Å². The van der Waals surface area contributed by atoms with Crippen LogP contribution in [0.5, 0.6) is 0 Å². The van der Waals surface area contributed by atoms with E-state index in [1.54, 1.807) is 6.20 Å². The van der Waals surface area contributed by atoms with Crippen LogP contribution in [0.3, 0.4) is 0 Å². The number of hydrogen-bond acceptors (Lipinski definition) is 5. The monoisotopic (exact) mass is 273 g/mol. The fraction of sp³-hybridized carbons (Fsp3) is 0.571. The Morgan fingerprint density at radius 3 is 2.30 bits per heavy atom. The molecule has 2 heterocycles. The Morgan fingerprint density at radius 1 is 1.30 bits per heavy atom. The summed E-state index contributed by atoms with van der Waals surface area (Å²) in [4.78, 5) is 4.10. The summed E-state index contributed by atoms with van der Waals surface area (Å²) in [6.45, 7) is 9.76. The largest absolute Gasteiger partial charge is 0.498 e. The Bertz CT molecular complexity index is 548. The van der Waals surface area contributed by atoms with Crippen molar-refractivity contribution in [3.8, 4) is 6.07 Å². The zero-order valence-electron chi connectivity index (χ0n) is 12.6. The summed E-state index contributed by atoms with van der Waals surface area (Å²) in [6, 6.07) is 3.68. The van der Waals surface area contributed by atoms with Crippen molar-refractivity contribution in [2.45, 2.75) is 51.9 Å². The molecule has 1 atom stereocenters. The van der Waals surface area contributed by atoms with Crippen molar-refractivity contribution in [1.29, 1.82) is 5.26 Å². The number of hydrogen-bond donors (Lipinski definition) is 1. The summed E-state index contributed by atoms with van der Waals surface area (Å²) in [6.07, 6.45) is 1.59. The molecule has 1 saturated heterocycles. The second kappa shape index (κ2) is 4.85. The molecule has 6 heteroatoms. The molecule has 0 aromatic carbocycles. The Balaban J connectivity index is 2.52. The zero-order valence-corrected chi connectivity index (χ0v) is 12.6. The molecule has 2 N–H and O–H groups in total. The lowest BCUT2D eigenvalue weighted by Gasteiger charge is -2.32. The lowest BCUT2D eigenvalue weighted by atomic mass is 9.73. The maximum absolute atomic E-state index is 9.28. The molecule has 0 spiro atoms. The topological polar surface area (TPSA) is 81.2 Å². The van der Waals surface area contributed by atoms with E-state index in [1.807, 2.05) is 40.7 Å². The zero-order chi connectivity index (χ0) is 15.1. The van der Waals surface area contributed by atoms with Gasteiger partial charge in [-0.05, 0) is 46.2 Å². The number of rotatable bonds is 2. The number of nitrogens with zero attached hydrogens (tertiary/aromatic N) is 2. The van der Waals surface area contributed by atoms with E-state index >= 15 is 0 Å². The van der Waals surface area contributed by atoms with Crippen molar-refractivity contribution >= 4 is 12.6 Å². The lowest BCUT2D eigenvalue weighted by molar-refractivity contribution is 0.00578. The predicted molar refractivity (Wildman–Crippen MR) is 77.3 cm³/mol. The number of aromatic nitrogens is 1. The van der Waals surface area contributed by atoms with Gasteiger partial charge in [-0.25, -0.2) is 4.98 Å². The standard InChI is InChI=1S/C14H20BN3O2/c1-9(17)10-6-7-18-11(8-16)12(10)15-19-13(2,3)14(4,5)20-15/h6-7,9H,17H2,1-5H3. The molecular weight excluding hydrogens is 253 g/mol. The normalized spacial score (nSPS) is 21.6. The first-order valence-electron chi connectivity index (χ1n) is 6.70. The summed E-state index contributed by atoms with van der Waals surface area (Å²) in [5.41, 5.74) is 6.84. The Morgan fingerprint density at radius 2 is 1.85 bits per heavy atom. The second-order valence-electron chi connectivity index (χ2n) is 6.15. The molecule has 0 aliphatic carbocycles. The van der Waals surface area contributed by atoms with Crippen molar-refractivity contribution in [3.63, 3.8) is 0 Å². The van der Waals surface area contributed by atoms with Crippen LogP contribution in [0.15, 0.2) is 12.3 Å². The van der Waals surface area contributed by atoms with Crippen LogP contribution >= 0.6 is 0 Å². The van der Waals surface area contributed by atoms with Gasteiger partial charge in [0.25, 0.3) is 0 Å². The predicted octanol–water partition coefficient (Wildman–Crippen LogP) is 1.27. The highest BCUT2D eigenvalue weighted by Crippen LogP contribution is 2.37. The van der Waals surface area contributed by atoms with E-state index in [1.165, 1.54) is 0 Å². The molecule has 2 rings (SSSR count). The second-order valence-corrected chi connectivity index (χ2v) is 6.15. The average molecular weight is 273 g/mol. The van der Waals surface area contributed by atoms with Crippen LogP contribution in [0.4, 0.5) is 0 Å². The van der Waals surface area contributed by atoms with E-state index in [-0.39, 0.29) is 6.04 Å². The van der Waals surface area contributed by atoms with Gasteiger partial charge in [0.2, 0.25) is 0 Å². The van der Waals surface area contributed by atoms with E-state index in [0.29, 0.717) is 11.2 Å². The minimum atomic E-state index is -0.621. The van der Waals surface area contributed by atoms with Gasteiger partial charge in [-0.3, -0.25) is 0 Å². The van der Waals surface area contributed by atoms with Crippen LogP contribution in [0, 0.1) is 11.3 Å². The van der Waals surface area contributed by atoms with Gasteiger partial charge in [-0.15, -0.1) is 0 Å². The van der Waals surface area contributed by atoms with E-state index in [2.05, 4.69) is 11.1 Å². The van der Waals surface area contributed by atoms with Gasteiger partial charge in [0.1, 0.15) is 11.8 Å². The van der Waals surface area contributed by atoms with Gasteiger partial charge in [-0.2, -0.15) is 5.26 Å². The third-order valence-corrected chi connectivity index (χ3v) is 4.11. The molecule has 20 heavy (non-hydrogen) atoms. The molecule has 1 fully saturated rings. The van der Waals surface area contributed by atoms with Crippen LogP contribution < -0.4 is 11.2 Å². The average Bonchev–Trinajstić information content (AvgIpc) is 2.57. The molecule has 0 radical (unpaired) electrons. The van der Waals surface area contributed by atoms with Gasteiger partial charge in [-0.1, -0.05) is 0 Å². The molecule has 0 amide bonds. The molecule has 1 aromatic heterocycles. The van der Waals surface area contributed by atoms with Gasteiger partial charge in [0, 0.05) is 17.7 Å². The number of nitriles is 1. The fourth-order valence-corrected chi connectivity index (χ4v) is 2.18. The molecule has 1 unspecified atom stereocenters. The van der Waals surface area contributed by atoms with Gasteiger partial charge in [0.15, 0.2) is 0 Å². The van der Waals surface area contributed by atoms with Crippen molar-refractivity contribution in [3.05, 3.63) is 23.5 Å². The fourth-order valence-electron chi connectivity index (χ4n) is 2.18. The van der Waals surface area contributed by atoms with E-state index in [4.69, 9.17) is 15.0 Å². The van der Waals surface area contributed by atoms with Gasteiger partial charge in [0.05, 0.1) is 11.2 Å². The summed E-state index contributed by atoms with van der Waals surface area (Å²) < 4.78 is 12.0. The first-order chi connectivity index (χ1) is 9.19. The summed E-state index contributed by atoms with van der Waals surface area (Å²) in [5.74, 6) is 0. The Labute approximate surface area is 120 Å². The highest BCUT2D eigenvalue weighted by molar-refractivity contribution is 6.63. The van der Waals surface area contributed by atoms with Gasteiger partial charge < -0.3 is 15.0 Å². The van der Waals surface area contributed by atoms with Crippen LogP contribution in [0.1, 0.15) is 51.9 Å². The van der Waals surface area contributed by atoms with Crippen LogP contribution in [-0.2, 0) is 9.31 Å². The molecule has 1 aliphatic rings. The summed E-state index contributed by atoms with van der Waals surface area (Å²) in [5, 5.41) is 9.28. The molecule has 1 aliphatic heterocycles. The van der Waals surface area contributed by atoms with E-state index in [9.17, 15) is 5.26 Å². The van der Waals surface area contributed by atoms with Crippen molar-refractivity contribution in [2.24, 2.45) is 5.73 Å². The highest BCUT2D eigenvalue weighted by Gasteiger charge is 2.53. The Kier molecular flexibility index (Phi) is 3.63. The molecule has 1 aromatic rings. The maximum Gasteiger partial charge on any atom is 0.498 e.